The minimum atomic E-state index is -4.28. The van der Waals surface area contributed by atoms with Crippen molar-refractivity contribution in [1.82, 2.24) is 9.71 Å². The number of sulfonamides is 1. The van der Waals surface area contributed by atoms with Crippen molar-refractivity contribution in [3.05, 3.63) is 59.1 Å². The summed E-state index contributed by atoms with van der Waals surface area (Å²) in [6, 6.07) is 12.9. The van der Waals surface area contributed by atoms with Crippen LogP contribution in [0.2, 0.25) is 5.02 Å². The number of ether oxygens (including phenoxy) is 1. The summed E-state index contributed by atoms with van der Waals surface area (Å²) in [6.07, 6.45) is 3.66. The molecule has 2 amide bonds. The lowest BCUT2D eigenvalue weighted by molar-refractivity contribution is -0.411. The second-order valence-electron chi connectivity index (χ2n) is 9.42. The van der Waals surface area contributed by atoms with Crippen LogP contribution in [0.25, 0.3) is 11.3 Å². The quantitative estimate of drug-likeness (QED) is 0.339. The van der Waals surface area contributed by atoms with E-state index in [1.807, 2.05) is 24.8 Å². The standard InChI is InChI=1S/C28H32ClN5O5S/c1-3-8-25(35)31-24-9-7-10-26(32-24)40(37,38)33-28(36)20-12-14-22(30-27(20)34-15-5-6-16-34)19-11-13-21(29)23(18-19)39-17-4-2/h7,9-14,18H,3-6,8,15-17H2,1-2H3,(H,33,36)(H,31,32,35)/p+1. The maximum atomic E-state index is 13.3. The molecule has 0 radical (unpaired) electrons. The van der Waals surface area contributed by atoms with Crippen molar-refractivity contribution in [2.45, 2.75) is 51.0 Å². The molecule has 3 aromatic rings. The van der Waals surface area contributed by atoms with Crippen LogP contribution < -0.4 is 24.7 Å². The molecule has 0 spiro atoms. The van der Waals surface area contributed by atoms with Crippen molar-refractivity contribution in [3.63, 3.8) is 0 Å². The molecule has 0 unspecified atom stereocenters. The molecule has 1 aliphatic heterocycles. The predicted octanol–water partition coefficient (Wildman–Crippen LogP) is 4.46. The summed E-state index contributed by atoms with van der Waals surface area (Å²) in [5, 5.41) is 2.85. The van der Waals surface area contributed by atoms with Crippen LogP contribution >= 0.6 is 11.6 Å². The Balaban J connectivity index is 1.62. The number of rotatable bonds is 11. The van der Waals surface area contributed by atoms with Crippen LogP contribution in [-0.4, -0.2) is 44.9 Å². The molecule has 40 heavy (non-hydrogen) atoms. The maximum absolute atomic E-state index is 13.3. The smallest absolute Gasteiger partial charge is 0.307 e. The topological polar surface area (TPSA) is 132 Å². The van der Waals surface area contributed by atoms with Crippen LogP contribution in [-0.2, 0) is 14.8 Å². The van der Waals surface area contributed by atoms with E-state index in [0.717, 1.165) is 24.8 Å². The Labute approximate surface area is 239 Å². The fourth-order valence-corrected chi connectivity index (χ4v) is 5.43. The molecule has 2 aromatic heterocycles. The van der Waals surface area contributed by atoms with Gasteiger partial charge in [-0.1, -0.05) is 31.5 Å². The lowest BCUT2D eigenvalue weighted by Crippen LogP contribution is -2.36. The number of carbonyl (C=O) groups is 2. The van der Waals surface area contributed by atoms with Gasteiger partial charge in [0, 0.05) is 31.1 Å². The van der Waals surface area contributed by atoms with E-state index in [4.69, 9.17) is 21.3 Å². The number of pyridine rings is 2. The number of carbonyl (C=O) groups excluding carboxylic acids is 2. The summed E-state index contributed by atoms with van der Waals surface area (Å²) in [5.41, 5.74) is 1.49. The summed E-state index contributed by atoms with van der Waals surface area (Å²) in [7, 11) is -4.28. The number of anilines is 2. The molecule has 4 rings (SSSR count). The maximum Gasteiger partial charge on any atom is 0.307 e. The Kier molecular flexibility index (Phi) is 9.59. The summed E-state index contributed by atoms with van der Waals surface area (Å²) in [4.78, 5) is 34.7. The third kappa shape index (κ3) is 7.08. The molecule has 1 fully saturated rings. The zero-order valence-electron chi connectivity index (χ0n) is 22.5. The van der Waals surface area contributed by atoms with E-state index in [0.29, 0.717) is 54.8 Å². The minimum Gasteiger partial charge on any atom is -0.492 e. The highest BCUT2D eigenvalue weighted by Crippen LogP contribution is 2.32. The van der Waals surface area contributed by atoms with E-state index in [-0.39, 0.29) is 22.3 Å². The third-order valence-corrected chi connectivity index (χ3v) is 7.83. The molecule has 1 saturated heterocycles. The Bertz CT molecular complexity index is 1490. The molecule has 0 aliphatic carbocycles. The Morgan fingerprint density at radius 1 is 1.07 bits per heavy atom. The van der Waals surface area contributed by atoms with E-state index in [2.05, 4.69) is 15.0 Å². The number of amides is 2. The first-order valence-corrected chi connectivity index (χ1v) is 15.2. The molecule has 0 atom stereocenters. The van der Waals surface area contributed by atoms with Gasteiger partial charge in [-0.3, -0.25) is 4.79 Å². The molecule has 10 nitrogen and oxygen atoms in total. The predicted molar refractivity (Wildman–Crippen MR) is 153 cm³/mol. The number of halogens is 1. The van der Waals surface area contributed by atoms with Crippen molar-refractivity contribution in [1.29, 1.82) is 0 Å². The average molecular weight is 587 g/mol. The van der Waals surface area contributed by atoms with Gasteiger partial charge in [-0.15, -0.1) is 0 Å². The molecule has 1 aromatic carbocycles. The Morgan fingerprint density at radius 3 is 2.58 bits per heavy atom. The first kappa shape index (κ1) is 29.3. The van der Waals surface area contributed by atoms with Crippen molar-refractivity contribution < 1.29 is 27.7 Å². The summed E-state index contributed by atoms with van der Waals surface area (Å²) in [6.45, 7) is 5.79. The van der Waals surface area contributed by atoms with Crippen LogP contribution in [0, 0.1) is 0 Å². The van der Waals surface area contributed by atoms with Crippen molar-refractivity contribution in [3.8, 4) is 17.0 Å². The van der Waals surface area contributed by atoms with E-state index < -0.39 is 15.9 Å². The first-order chi connectivity index (χ1) is 19.2. The summed E-state index contributed by atoms with van der Waals surface area (Å²) < 4.78 is 34.1. The van der Waals surface area contributed by atoms with Gasteiger partial charge in [-0.25, -0.2) is 24.8 Å². The van der Waals surface area contributed by atoms with E-state index in [9.17, 15) is 18.0 Å². The molecule has 1 aliphatic rings. The van der Waals surface area contributed by atoms with Crippen LogP contribution in [0.15, 0.2) is 53.6 Å². The normalized spacial score (nSPS) is 13.2. The second kappa shape index (κ2) is 13.1. The van der Waals surface area contributed by atoms with Gasteiger partial charge in [0.25, 0.3) is 11.7 Å². The number of nitrogens with one attached hydrogen (secondary N) is 3. The summed E-state index contributed by atoms with van der Waals surface area (Å²) >= 11 is 6.30. The number of H-pyrrole nitrogens is 1. The third-order valence-electron chi connectivity index (χ3n) is 6.25. The number of benzene rings is 1. The van der Waals surface area contributed by atoms with Gasteiger partial charge in [0.2, 0.25) is 5.03 Å². The molecule has 3 N–H and O–H groups in total. The zero-order chi connectivity index (χ0) is 28.7. The Hall–Kier alpha value is -3.70. The number of nitrogens with zero attached hydrogens (tertiary/aromatic N) is 2. The highest BCUT2D eigenvalue weighted by atomic mass is 35.5. The summed E-state index contributed by atoms with van der Waals surface area (Å²) in [5.74, 6) is 0.102. The van der Waals surface area contributed by atoms with Gasteiger partial charge in [0.15, 0.2) is 0 Å². The number of aromatic amines is 1. The van der Waals surface area contributed by atoms with Crippen molar-refractivity contribution in [2.75, 3.05) is 29.9 Å². The molecule has 0 bridgehead atoms. The molecular weight excluding hydrogens is 554 g/mol. The molecule has 3 heterocycles. The van der Waals surface area contributed by atoms with Crippen LogP contribution in [0.5, 0.6) is 5.75 Å². The first-order valence-electron chi connectivity index (χ1n) is 13.3. The average Bonchev–Trinajstić information content (AvgIpc) is 3.47. The van der Waals surface area contributed by atoms with Gasteiger partial charge in [0.05, 0.1) is 22.9 Å². The van der Waals surface area contributed by atoms with Gasteiger partial charge in [-0.05, 0) is 62.1 Å². The van der Waals surface area contributed by atoms with E-state index in [1.165, 1.54) is 18.2 Å². The highest BCUT2D eigenvalue weighted by molar-refractivity contribution is 7.89. The SMILES string of the molecule is CCCOc1cc(-c2ccc(C(=O)NS(=O)(=O)c3cccc(NC(=O)CCC)[nH+]3)c(N3CCCC3)n2)ccc1Cl. The van der Waals surface area contributed by atoms with E-state index >= 15 is 0 Å². The number of hydrogen-bond acceptors (Lipinski definition) is 7. The number of hydrogen-bond donors (Lipinski definition) is 2. The van der Waals surface area contributed by atoms with E-state index in [1.54, 1.807) is 24.3 Å². The van der Waals surface area contributed by atoms with Gasteiger partial charge < -0.3 is 9.64 Å². The molecular formula is C28H33ClN5O5S+. The lowest BCUT2D eigenvalue weighted by atomic mass is 10.1. The zero-order valence-corrected chi connectivity index (χ0v) is 24.1. The van der Waals surface area contributed by atoms with Crippen molar-refractivity contribution >= 4 is 45.1 Å². The van der Waals surface area contributed by atoms with Crippen LogP contribution in [0.1, 0.15) is 56.3 Å². The lowest BCUT2D eigenvalue weighted by Gasteiger charge is -2.21. The Morgan fingerprint density at radius 2 is 1.85 bits per heavy atom. The molecule has 212 valence electrons. The fourth-order valence-electron chi connectivity index (χ4n) is 4.29. The minimum absolute atomic E-state index is 0.137. The van der Waals surface area contributed by atoms with Crippen LogP contribution in [0.3, 0.4) is 0 Å². The van der Waals surface area contributed by atoms with Crippen molar-refractivity contribution in [2.24, 2.45) is 0 Å². The van der Waals surface area contributed by atoms with Gasteiger partial charge in [0.1, 0.15) is 11.6 Å². The van der Waals surface area contributed by atoms with Crippen LogP contribution in [0.4, 0.5) is 11.6 Å². The highest BCUT2D eigenvalue weighted by Gasteiger charge is 2.28. The molecule has 0 saturated carbocycles. The monoisotopic (exact) mass is 586 g/mol. The fraction of sp³-hybridized carbons (Fsp3) is 0.357. The van der Waals surface area contributed by atoms with Gasteiger partial charge in [-0.2, -0.15) is 8.42 Å². The van der Waals surface area contributed by atoms with Gasteiger partial charge >= 0.3 is 15.9 Å². The second-order valence-corrected chi connectivity index (χ2v) is 11.5. The number of aromatic nitrogens is 2. The molecule has 12 heteroatoms. The largest absolute Gasteiger partial charge is 0.492 e.